The van der Waals surface area contributed by atoms with E-state index in [0.717, 1.165) is 42.8 Å². The van der Waals surface area contributed by atoms with Gasteiger partial charge in [0.15, 0.2) is 5.76 Å². The van der Waals surface area contributed by atoms with E-state index in [1.807, 2.05) is 86.6 Å². The minimum absolute atomic E-state index is 0.212. The number of aryl methyl sites for hydroxylation is 1. The summed E-state index contributed by atoms with van der Waals surface area (Å²) in [5, 5.41) is 0. The quantitative estimate of drug-likeness (QED) is 0.200. The summed E-state index contributed by atoms with van der Waals surface area (Å²) >= 11 is 7.06. The first kappa shape index (κ1) is 25.9. The van der Waals surface area contributed by atoms with Gasteiger partial charge >= 0.3 is 6.02 Å². The van der Waals surface area contributed by atoms with Crippen LogP contribution in [0.25, 0.3) is 6.08 Å². The molecule has 5 rings (SSSR count). The van der Waals surface area contributed by atoms with Crippen molar-refractivity contribution in [2.75, 3.05) is 11.4 Å². The van der Waals surface area contributed by atoms with E-state index in [1.54, 1.807) is 11.0 Å². The Kier molecular flexibility index (Phi) is 7.77. The molecule has 0 aliphatic carbocycles. The highest BCUT2D eigenvalue weighted by molar-refractivity contribution is 9.11. The number of benzene rings is 4. The van der Waals surface area contributed by atoms with Crippen molar-refractivity contribution in [1.29, 1.82) is 0 Å². The summed E-state index contributed by atoms with van der Waals surface area (Å²) in [6.45, 7) is 4.32. The number of amides is 1. The van der Waals surface area contributed by atoms with E-state index in [-0.39, 0.29) is 17.7 Å². The molecule has 0 radical (unpaired) electrons. The predicted molar refractivity (Wildman–Crippen MR) is 161 cm³/mol. The van der Waals surface area contributed by atoms with Crippen LogP contribution in [0, 0.1) is 6.92 Å². The molecule has 1 aliphatic heterocycles. The molecule has 0 bridgehead atoms. The smallest absolute Gasteiger partial charge is 0.305 e. The predicted octanol–water partition coefficient (Wildman–Crippen LogP) is 8.90. The van der Waals surface area contributed by atoms with Crippen molar-refractivity contribution in [2.45, 2.75) is 13.8 Å². The van der Waals surface area contributed by atoms with E-state index in [4.69, 9.17) is 4.74 Å². The van der Waals surface area contributed by atoms with Gasteiger partial charge in [0.2, 0.25) is 0 Å². The molecule has 4 aromatic carbocycles. The number of likely N-dealkylation sites (N-methyl/N-ethyl adjacent to an activating group) is 1. The average Bonchev–Trinajstić information content (AvgIpc) is 3.22. The summed E-state index contributed by atoms with van der Waals surface area (Å²) < 4.78 is 7.75. The van der Waals surface area contributed by atoms with Gasteiger partial charge in [0.1, 0.15) is 0 Å². The number of hydrogen-bond donors (Lipinski definition) is 0. The summed E-state index contributed by atoms with van der Waals surface area (Å²) in [5.74, 6) is 0.0311. The second-order valence-electron chi connectivity index (χ2n) is 8.71. The first-order valence-electron chi connectivity index (χ1n) is 12.2. The fourth-order valence-electron chi connectivity index (χ4n) is 4.27. The van der Waals surface area contributed by atoms with E-state index in [9.17, 15) is 4.79 Å². The molecule has 1 amide bonds. The molecule has 0 atom stereocenters. The third kappa shape index (κ3) is 5.44. The molecule has 4 aromatic rings. The van der Waals surface area contributed by atoms with Gasteiger partial charge in [0, 0.05) is 32.6 Å². The molecule has 0 spiro atoms. The molecule has 0 saturated carbocycles. The Morgan fingerprint density at radius 2 is 1.45 bits per heavy atom. The molecule has 0 aromatic heterocycles. The summed E-state index contributed by atoms with van der Waals surface area (Å²) in [6, 6.07) is 32.7. The lowest BCUT2D eigenvalue weighted by atomic mass is 10.1. The number of rotatable bonds is 6. The highest BCUT2D eigenvalue weighted by Gasteiger charge is 2.34. The fourth-order valence-corrected chi connectivity index (χ4v) is 5.80. The van der Waals surface area contributed by atoms with Crippen molar-refractivity contribution in [3.05, 3.63) is 123 Å². The number of ether oxygens (including phenoxy) is 1. The van der Waals surface area contributed by atoms with Crippen molar-refractivity contribution in [2.24, 2.45) is 4.99 Å². The molecule has 1 fully saturated rings. The number of carbonyl (C=O) groups is 1. The minimum atomic E-state index is -0.212. The Labute approximate surface area is 239 Å². The maximum absolute atomic E-state index is 13.1. The van der Waals surface area contributed by atoms with Crippen LogP contribution < -0.4 is 4.90 Å². The van der Waals surface area contributed by atoms with Crippen LogP contribution in [-0.4, -0.2) is 23.4 Å². The van der Waals surface area contributed by atoms with Gasteiger partial charge in [-0.2, -0.15) is 4.99 Å². The van der Waals surface area contributed by atoms with Crippen LogP contribution in [0.15, 0.2) is 117 Å². The van der Waals surface area contributed by atoms with Crippen molar-refractivity contribution in [3.63, 3.8) is 0 Å². The number of nitrogens with zero attached hydrogens (tertiary/aromatic N) is 3. The fraction of sp³-hybridized carbons (Fsp3) is 0.0968. The number of aliphatic imine (C=N–C) groups is 1. The maximum Gasteiger partial charge on any atom is 0.305 e. The van der Waals surface area contributed by atoms with E-state index < -0.39 is 0 Å². The molecule has 1 aliphatic rings. The first-order chi connectivity index (χ1) is 18.4. The van der Waals surface area contributed by atoms with Crippen molar-refractivity contribution < 1.29 is 9.53 Å². The van der Waals surface area contributed by atoms with Crippen LogP contribution in [0.3, 0.4) is 0 Å². The van der Waals surface area contributed by atoms with E-state index in [1.165, 1.54) is 0 Å². The highest BCUT2D eigenvalue weighted by atomic mass is 79.9. The van der Waals surface area contributed by atoms with Crippen molar-refractivity contribution in [1.82, 2.24) is 4.90 Å². The van der Waals surface area contributed by atoms with Crippen molar-refractivity contribution in [3.8, 4) is 0 Å². The summed E-state index contributed by atoms with van der Waals surface area (Å²) in [6.07, 6.45) is 1.76. The number of halogens is 2. The van der Waals surface area contributed by atoms with Gasteiger partial charge in [-0.05, 0) is 95.5 Å². The zero-order valence-electron chi connectivity index (χ0n) is 20.9. The average molecular weight is 631 g/mol. The van der Waals surface area contributed by atoms with Gasteiger partial charge in [-0.25, -0.2) is 0 Å². The van der Waals surface area contributed by atoms with Gasteiger partial charge in [0.25, 0.3) is 5.91 Å². The van der Waals surface area contributed by atoms with E-state index in [0.29, 0.717) is 6.54 Å². The number of para-hydroxylation sites is 2. The molecule has 1 heterocycles. The standard InChI is InChI=1S/C31H25Br2N3O2/c1-3-35-30(37)28(38-31(35)34-29-21(2)18-23(32)20-27(29)33)19-22-14-16-26(17-15-22)36(24-10-6-4-7-11-24)25-12-8-5-9-13-25/h4-20H,3H2,1-2H3/b28-19+,34-31?. The Morgan fingerprint density at radius 3 is 2.00 bits per heavy atom. The van der Waals surface area contributed by atoms with Crippen LogP contribution in [0.4, 0.5) is 22.7 Å². The van der Waals surface area contributed by atoms with Gasteiger partial charge < -0.3 is 9.64 Å². The van der Waals surface area contributed by atoms with Crippen LogP contribution in [-0.2, 0) is 9.53 Å². The van der Waals surface area contributed by atoms with Crippen LogP contribution in [0.1, 0.15) is 18.1 Å². The van der Waals surface area contributed by atoms with Gasteiger partial charge in [-0.3, -0.25) is 9.69 Å². The third-order valence-corrected chi connectivity index (χ3v) is 7.17. The normalized spacial score (nSPS) is 15.3. The highest BCUT2D eigenvalue weighted by Crippen LogP contribution is 2.36. The summed E-state index contributed by atoms with van der Waals surface area (Å²) in [7, 11) is 0. The Bertz CT molecular complexity index is 1460. The molecular weight excluding hydrogens is 606 g/mol. The van der Waals surface area contributed by atoms with E-state index in [2.05, 4.69) is 66.0 Å². The van der Waals surface area contributed by atoms with Crippen LogP contribution in [0.2, 0.25) is 0 Å². The van der Waals surface area contributed by atoms with Crippen LogP contribution in [0.5, 0.6) is 0 Å². The van der Waals surface area contributed by atoms with Gasteiger partial charge in [0.05, 0.1) is 5.69 Å². The second kappa shape index (κ2) is 11.4. The molecule has 7 heteroatoms. The number of carbonyl (C=O) groups excluding carboxylic acids is 1. The van der Waals surface area contributed by atoms with Gasteiger partial charge in [-0.15, -0.1) is 0 Å². The Balaban J connectivity index is 1.45. The first-order valence-corrected chi connectivity index (χ1v) is 13.8. The monoisotopic (exact) mass is 629 g/mol. The lowest BCUT2D eigenvalue weighted by molar-refractivity contribution is -0.122. The lowest BCUT2D eigenvalue weighted by Crippen LogP contribution is -2.29. The maximum atomic E-state index is 13.1. The molecule has 0 unspecified atom stereocenters. The number of hydrogen-bond acceptors (Lipinski definition) is 4. The molecule has 1 saturated heterocycles. The lowest BCUT2D eigenvalue weighted by Gasteiger charge is -2.25. The number of anilines is 3. The number of amidine groups is 1. The summed E-state index contributed by atoms with van der Waals surface area (Å²) in [4.78, 5) is 21.5. The topological polar surface area (TPSA) is 45.1 Å². The zero-order chi connectivity index (χ0) is 26.6. The largest absolute Gasteiger partial charge is 0.419 e. The second-order valence-corrected chi connectivity index (χ2v) is 10.5. The molecule has 0 N–H and O–H groups in total. The minimum Gasteiger partial charge on any atom is -0.419 e. The third-order valence-electron chi connectivity index (χ3n) is 6.11. The molecule has 190 valence electrons. The molecular formula is C31H25Br2N3O2. The van der Waals surface area contributed by atoms with Crippen molar-refractivity contribution >= 4 is 72.6 Å². The SMILES string of the molecule is CCN1C(=O)/C(=C\c2ccc(N(c3ccccc3)c3ccccc3)cc2)OC1=Nc1c(C)cc(Br)cc1Br. The Morgan fingerprint density at radius 1 is 0.868 bits per heavy atom. The van der Waals surface area contributed by atoms with Gasteiger partial charge in [-0.1, -0.05) is 64.5 Å². The molecule has 38 heavy (non-hydrogen) atoms. The zero-order valence-corrected chi connectivity index (χ0v) is 24.1. The summed E-state index contributed by atoms with van der Waals surface area (Å²) in [5.41, 5.74) is 5.68. The Hall–Kier alpha value is -3.68. The van der Waals surface area contributed by atoms with E-state index >= 15 is 0 Å². The molecule has 5 nitrogen and oxygen atoms in total. The van der Waals surface area contributed by atoms with Crippen LogP contribution >= 0.6 is 31.9 Å².